The summed E-state index contributed by atoms with van der Waals surface area (Å²) >= 11 is 3.69. The second-order valence-electron chi connectivity index (χ2n) is 8.08. The van der Waals surface area contributed by atoms with Crippen LogP contribution in [0.1, 0.15) is 35.2 Å². The van der Waals surface area contributed by atoms with Gasteiger partial charge in [-0.25, -0.2) is 0 Å². The van der Waals surface area contributed by atoms with Crippen molar-refractivity contribution in [3.63, 3.8) is 0 Å². The number of nitrogens with zero attached hydrogens (tertiary/aromatic N) is 2. The monoisotopic (exact) mass is 414 g/mol. The van der Waals surface area contributed by atoms with Gasteiger partial charge in [0.1, 0.15) is 0 Å². The number of likely N-dealkylation sites (N-methyl/N-ethyl adjacent to an activating group) is 1. The molecular formula is C23H30N2OS2. The molecule has 2 atom stereocenters. The van der Waals surface area contributed by atoms with Crippen molar-refractivity contribution in [1.82, 2.24) is 9.80 Å². The molecule has 3 nitrogen and oxygen atoms in total. The highest BCUT2D eigenvalue weighted by atomic mass is 32.2. The molecule has 28 heavy (non-hydrogen) atoms. The number of rotatable bonds is 6. The molecule has 0 N–H and O–H groups in total. The van der Waals surface area contributed by atoms with Crippen molar-refractivity contribution in [3.05, 3.63) is 58.3 Å². The molecule has 1 amide bonds. The molecule has 4 rings (SSSR count). The van der Waals surface area contributed by atoms with E-state index in [1.54, 1.807) is 11.3 Å². The molecule has 0 radical (unpaired) electrons. The topological polar surface area (TPSA) is 23.6 Å². The minimum atomic E-state index is 0.164. The van der Waals surface area contributed by atoms with Crippen LogP contribution in [0.15, 0.2) is 47.2 Å². The summed E-state index contributed by atoms with van der Waals surface area (Å²) in [5.41, 5.74) is 2.15. The molecule has 5 heteroatoms. The van der Waals surface area contributed by atoms with Crippen molar-refractivity contribution in [1.29, 1.82) is 0 Å². The molecule has 2 aliphatic rings. The molecule has 2 aromatic rings. The zero-order valence-corrected chi connectivity index (χ0v) is 18.3. The second-order valence-corrected chi connectivity index (χ2v) is 10.0. The first-order valence-electron chi connectivity index (χ1n) is 10.4. The van der Waals surface area contributed by atoms with Crippen LogP contribution in [0, 0.1) is 5.92 Å². The van der Waals surface area contributed by atoms with Gasteiger partial charge in [-0.05, 0) is 67.5 Å². The average molecular weight is 415 g/mol. The number of hydrogen-bond acceptors (Lipinski definition) is 4. The Morgan fingerprint density at radius 3 is 2.61 bits per heavy atom. The zero-order chi connectivity index (χ0) is 19.3. The van der Waals surface area contributed by atoms with E-state index in [0.717, 1.165) is 18.0 Å². The summed E-state index contributed by atoms with van der Waals surface area (Å²) in [6.07, 6.45) is 4.68. The van der Waals surface area contributed by atoms with Crippen molar-refractivity contribution in [2.75, 3.05) is 31.6 Å². The van der Waals surface area contributed by atoms with Crippen molar-refractivity contribution >= 4 is 29.0 Å². The number of thioether (sulfide) groups is 1. The maximum atomic E-state index is 13.1. The lowest BCUT2D eigenvalue weighted by atomic mass is 9.84. The van der Waals surface area contributed by atoms with E-state index in [0.29, 0.717) is 5.92 Å². The average Bonchev–Trinajstić information content (AvgIpc) is 3.46. The standard InChI is InChI=1S/C23H30N2OS2/c1-24(23(26)20-9-13-27-16-20)22(15-18-5-3-2-4-6-18)19-7-11-25(12-8-19)21-10-14-28-17-21/h2-6,9,13,16,19,21-22H,7-8,10-12,14-15,17H2,1H3/t21-,22-/m0/s1. The van der Waals surface area contributed by atoms with E-state index in [2.05, 4.69) is 47.0 Å². The first kappa shape index (κ1) is 20.0. The van der Waals surface area contributed by atoms with Gasteiger partial charge in [-0.1, -0.05) is 30.3 Å². The third-order valence-electron chi connectivity index (χ3n) is 6.41. The van der Waals surface area contributed by atoms with Crippen LogP contribution in [0.3, 0.4) is 0 Å². The molecule has 0 spiro atoms. The van der Waals surface area contributed by atoms with Crippen LogP contribution >= 0.6 is 23.1 Å². The molecule has 0 aliphatic carbocycles. The van der Waals surface area contributed by atoms with Gasteiger partial charge >= 0.3 is 0 Å². The fraction of sp³-hybridized carbons (Fsp3) is 0.522. The Labute approximate surface area is 177 Å². The van der Waals surface area contributed by atoms with E-state index in [9.17, 15) is 4.79 Å². The fourth-order valence-electron chi connectivity index (χ4n) is 4.70. The molecule has 0 unspecified atom stereocenters. The van der Waals surface area contributed by atoms with Gasteiger partial charge in [0.05, 0.1) is 5.56 Å². The first-order chi connectivity index (χ1) is 13.7. The van der Waals surface area contributed by atoms with Crippen LogP contribution in [0.25, 0.3) is 0 Å². The fourth-order valence-corrected chi connectivity index (χ4v) is 6.58. The molecule has 3 heterocycles. The van der Waals surface area contributed by atoms with Gasteiger partial charge in [0.15, 0.2) is 0 Å². The predicted molar refractivity (Wildman–Crippen MR) is 120 cm³/mol. The van der Waals surface area contributed by atoms with E-state index in [-0.39, 0.29) is 11.9 Å². The summed E-state index contributed by atoms with van der Waals surface area (Å²) in [5, 5.41) is 3.96. The largest absolute Gasteiger partial charge is 0.338 e. The predicted octanol–water partition coefficient (Wildman–Crippen LogP) is 4.65. The lowest BCUT2D eigenvalue weighted by Gasteiger charge is -2.41. The highest BCUT2D eigenvalue weighted by Gasteiger charge is 2.34. The van der Waals surface area contributed by atoms with E-state index in [4.69, 9.17) is 0 Å². The molecule has 1 aromatic heterocycles. The van der Waals surface area contributed by atoms with Gasteiger partial charge in [-0.2, -0.15) is 23.1 Å². The molecule has 0 bridgehead atoms. The first-order valence-corrected chi connectivity index (χ1v) is 12.5. The van der Waals surface area contributed by atoms with Crippen molar-refractivity contribution in [3.8, 4) is 0 Å². The molecule has 150 valence electrons. The van der Waals surface area contributed by atoms with Crippen molar-refractivity contribution in [2.24, 2.45) is 5.92 Å². The van der Waals surface area contributed by atoms with Crippen molar-refractivity contribution in [2.45, 2.75) is 37.8 Å². The number of piperidine rings is 1. The third kappa shape index (κ3) is 4.64. The van der Waals surface area contributed by atoms with E-state index >= 15 is 0 Å². The van der Waals surface area contributed by atoms with Gasteiger partial charge in [-0.15, -0.1) is 0 Å². The van der Waals surface area contributed by atoms with E-state index in [1.165, 1.54) is 49.4 Å². The Morgan fingerprint density at radius 2 is 1.96 bits per heavy atom. The van der Waals surface area contributed by atoms with E-state index < -0.39 is 0 Å². The van der Waals surface area contributed by atoms with E-state index in [1.807, 2.05) is 28.8 Å². The third-order valence-corrected chi connectivity index (χ3v) is 8.24. The van der Waals surface area contributed by atoms with Crippen LogP contribution in [0.2, 0.25) is 0 Å². The molecule has 1 aromatic carbocycles. The Balaban J connectivity index is 1.47. The summed E-state index contributed by atoms with van der Waals surface area (Å²) in [7, 11) is 2.01. The van der Waals surface area contributed by atoms with Gasteiger partial charge in [-0.3, -0.25) is 9.69 Å². The SMILES string of the molecule is CN(C(=O)c1ccsc1)[C@@H](Cc1ccccc1)C1CCN([C@H]2CCSC2)CC1. The number of carbonyl (C=O) groups is 1. The minimum Gasteiger partial charge on any atom is -0.338 e. The quantitative estimate of drug-likeness (QED) is 0.687. The number of hydrogen-bond donors (Lipinski definition) is 0. The Bertz CT molecular complexity index is 735. The molecule has 2 aliphatic heterocycles. The molecule has 0 saturated carbocycles. The lowest BCUT2D eigenvalue weighted by molar-refractivity contribution is 0.0558. The van der Waals surface area contributed by atoms with Crippen LogP contribution < -0.4 is 0 Å². The zero-order valence-electron chi connectivity index (χ0n) is 16.6. The summed E-state index contributed by atoms with van der Waals surface area (Å²) in [6, 6.07) is 13.7. The second kappa shape index (κ2) is 9.47. The van der Waals surface area contributed by atoms with Gasteiger partial charge < -0.3 is 4.90 Å². The Hall–Kier alpha value is -1.30. The smallest absolute Gasteiger partial charge is 0.254 e. The van der Waals surface area contributed by atoms with Gasteiger partial charge in [0, 0.05) is 30.3 Å². The van der Waals surface area contributed by atoms with Crippen LogP contribution in [0.5, 0.6) is 0 Å². The van der Waals surface area contributed by atoms with Crippen LogP contribution in [-0.4, -0.2) is 59.4 Å². The minimum absolute atomic E-state index is 0.164. The maximum absolute atomic E-state index is 13.1. The number of likely N-dealkylation sites (tertiary alicyclic amines) is 1. The lowest BCUT2D eigenvalue weighted by Crippen LogP contribution is -2.49. The van der Waals surface area contributed by atoms with Crippen LogP contribution in [0.4, 0.5) is 0 Å². The molecule has 2 fully saturated rings. The summed E-state index contributed by atoms with van der Waals surface area (Å²) in [4.78, 5) is 17.8. The Morgan fingerprint density at radius 1 is 1.18 bits per heavy atom. The van der Waals surface area contributed by atoms with Gasteiger partial charge in [0.2, 0.25) is 0 Å². The molecule has 2 saturated heterocycles. The maximum Gasteiger partial charge on any atom is 0.254 e. The Kier molecular flexibility index (Phi) is 6.76. The van der Waals surface area contributed by atoms with Crippen LogP contribution in [-0.2, 0) is 6.42 Å². The number of benzene rings is 1. The summed E-state index contributed by atoms with van der Waals surface area (Å²) in [6.45, 7) is 2.36. The van der Waals surface area contributed by atoms with Gasteiger partial charge in [0.25, 0.3) is 5.91 Å². The number of thiophene rings is 1. The summed E-state index contributed by atoms with van der Waals surface area (Å²) < 4.78 is 0. The highest BCUT2D eigenvalue weighted by molar-refractivity contribution is 7.99. The summed E-state index contributed by atoms with van der Waals surface area (Å²) in [5.74, 6) is 3.35. The molecular weight excluding hydrogens is 384 g/mol. The normalized spacial score (nSPS) is 22.2. The number of carbonyl (C=O) groups excluding carboxylic acids is 1. The highest BCUT2D eigenvalue weighted by Crippen LogP contribution is 2.31. The number of amides is 1. The van der Waals surface area contributed by atoms with Crippen molar-refractivity contribution < 1.29 is 4.79 Å².